The van der Waals surface area contributed by atoms with Crippen molar-refractivity contribution in [2.24, 2.45) is 0 Å². The van der Waals surface area contributed by atoms with Crippen LogP contribution in [0.1, 0.15) is 136 Å². The van der Waals surface area contributed by atoms with E-state index in [0.29, 0.717) is 23.9 Å². The largest absolute Gasteiger partial charge is 0.756 e. The van der Waals surface area contributed by atoms with Gasteiger partial charge in [-0.15, -0.1) is 0 Å². The highest BCUT2D eigenvalue weighted by atomic mass is 31.2. The van der Waals surface area contributed by atoms with E-state index in [-0.39, 0.29) is 19.1 Å². The standard InChI is InChI=1S/C32H65N2O6P/c1-6-8-10-12-13-14-15-16-17-18-19-20-21-22-24-26-32(36)33-30(31(35)25-23-11-9-7-2)29-40-41(37,38)39-28-27-34(3,4)5/h16-17,30-31,35H,6-15,18-29H2,1-5H3,(H-,33,36,37,38)/b17-16-. The molecule has 0 aromatic carbocycles. The number of unbranched alkanes of at least 4 members (excludes halogenated alkanes) is 14. The summed E-state index contributed by atoms with van der Waals surface area (Å²) >= 11 is 0. The average molecular weight is 605 g/mol. The lowest BCUT2D eigenvalue weighted by molar-refractivity contribution is -0.870. The molecule has 2 N–H and O–H groups in total. The summed E-state index contributed by atoms with van der Waals surface area (Å²) in [6, 6.07) is -0.795. The number of amides is 1. The van der Waals surface area contributed by atoms with Crippen LogP contribution in [0, 0.1) is 0 Å². The number of carbonyl (C=O) groups excluding carboxylic acids is 1. The first kappa shape index (κ1) is 40.2. The van der Waals surface area contributed by atoms with Crippen LogP contribution in [0.4, 0.5) is 0 Å². The Kier molecular flexibility index (Phi) is 25.2. The summed E-state index contributed by atoms with van der Waals surface area (Å²) < 4.78 is 22.9. The summed E-state index contributed by atoms with van der Waals surface area (Å²) in [6.45, 7) is 4.55. The molecule has 0 aliphatic rings. The van der Waals surface area contributed by atoms with Crippen LogP contribution in [0.25, 0.3) is 0 Å². The number of quaternary nitrogens is 1. The minimum atomic E-state index is -4.53. The van der Waals surface area contributed by atoms with E-state index in [1.807, 2.05) is 21.1 Å². The average Bonchev–Trinajstić information content (AvgIpc) is 2.90. The van der Waals surface area contributed by atoms with Crippen molar-refractivity contribution >= 4 is 13.7 Å². The molecule has 0 saturated carbocycles. The van der Waals surface area contributed by atoms with E-state index in [2.05, 4.69) is 31.3 Å². The van der Waals surface area contributed by atoms with Crippen molar-refractivity contribution in [1.82, 2.24) is 5.32 Å². The van der Waals surface area contributed by atoms with Gasteiger partial charge in [0.2, 0.25) is 5.91 Å². The minimum Gasteiger partial charge on any atom is -0.756 e. The lowest BCUT2D eigenvalue weighted by Gasteiger charge is -2.30. The topological polar surface area (TPSA) is 108 Å². The molecule has 0 bridgehead atoms. The molecule has 0 spiro atoms. The number of phosphoric acid groups is 1. The number of hydrogen-bond donors (Lipinski definition) is 2. The van der Waals surface area contributed by atoms with Gasteiger partial charge in [-0.1, -0.05) is 103 Å². The van der Waals surface area contributed by atoms with Crippen LogP contribution in [0.3, 0.4) is 0 Å². The normalized spacial score (nSPS) is 15.2. The summed E-state index contributed by atoms with van der Waals surface area (Å²) in [7, 11) is 1.29. The lowest BCUT2D eigenvalue weighted by Crippen LogP contribution is -2.46. The Labute approximate surface area is 252 Å². The van der Waals surface area contributed by atoms with Gasteiger partial charge in [-0.25, -0.2) is 0 Å². The third kappa shape index (κ3) is 27.8. The second-order valence-electron chi connectivity index (χ2n) is 12.5. The highest BCUT2D eigenvalue weighted by Crippen LogP contribution is 2.38. The molecule has 41 heavy (non-hydrogen) atoms. The maximum atomic E-state index is 12.6. The van der Waals surface area contributed by atoms with E-state index >= 15 is 0 Å². The van der Waals surface area contributed by atoms with Gasteiger partial charge in [0.15, 0.2) is 0 Å². The monoisotopic (exact) mass is 604 g/mol. The van der Waals surface area contributed by atoms with Crippen molar-refractivity contribution in [1.29, 1.82) is 0 Å². The van der Waals surface area contributed by atoms with Crippen molar-refractivity contribution in [3.05, 3.63) is 12.2 Å². The third-order valence-corrected chi connectivity index (χ3v) is 8.22. The van der Waals surface area contributed by atoms with E-state index in [9.17, 15) is 19.4 Å². The molecule has 8 nitrogen and oxygen atoms in total. The fourth-order valence-electron chi connectivity index (χ4n) is 4.50. The van der Waals surface area contributed by atoms with Crippen LogP contribution in [0.2, 0.25) is 0 Å². The van der Waals surface area contributed by atoms with E-state index in [1.165, 1.54) is 51.4 Å². The van der Waals surface area contributed by atoms with E-state index < -0.39 is 20.0 Å². The molecule has 0 aliphatic carbocycles. The van der Waals surface area contributed by atoms with Crippen molar-refractivity contribution in [2.75, 3.05) is 40.9 Å². The summed E-state index contributed by atoms with van der Waals surface area (Å²) in [5.74, 6) is -0.185. The number of aliphatic hydroxyl groups excluding tert-OH is 1. The number of hydrogen-bond acceptors (Lipinski definition) is 6. The number of allylic oxidation sites excluding steroid dienone is 2. The molecule has 0 aliphatic heterocycles. The van der Waals surface area contributed by atoms with E-state index in [1.54, 1.807) is 0 Å². The number of likely N-dealkylation sites (N-methyl/N-ethyl adjacent to an activating group) is 1. The SMILES string of the molecule is CCCCCCCC/C=C\CCCCCCCC(=O)NC(COP(=O)([O-])OCC[N+](C)(C)C)C(O)CCCCCC. The Morgan fingerprint density at radius 1 is 0.829 bits per heavy atom. The Morgan fingerprint density at radius 2 is 1.34 bits per heavy atom. The van der Waals surface area contributed by atoms with Gasteiger partial charge in [-0.2, -0.15) is 0 Å². The number of aliphatic hydroxyl groups is 1. The molecule has 0 rings (SSSR count). The molecule has 0 heterocycles. The van der Waals surface area contributed by atoms with Gasteiger partial charge < -0.3 is 28.8 Å². The number of nitrogens with one attached hydrogen (secondary N) is 1. The van der Waals surface area contributed by atoms with Gasteiger partial charge >= 0.3 is 0 Å². The van der Waals surface area contributed by atoms with Crippen LogP contribution in [0.5, 0.6) is 0 Å². The van der Waals surface area contributed by atoms with E-state index in [0.717, 1.165) is 57.8 Å². The highest BCUT2D eigenvalue weighted by Gasteiger charge is 2.24. The first-order chi connectivity index (χ1) is 19.5. The Balaban J connectivity index is 4.31. The molecular weight excluding hydrogens is 539 g/mol. The Hall–Kier alpha value is -0.760. The number of carbonyl (C=O) groups is 1. The Bertz CT molecular complexity index is 698. The Morgan fingerprint density at radius 3 is 1.90 bits per heavy atom. The summed E-state index contributed by atoms with van der Waals surface area (Å²) in [6.07, 6.45) is 24.1. The maximum absolute atomic E-state index is 12.6. The number of nitrogens with zero attached hydrogens (tertiary/aromatic N) is 1. The molecule has 1 amide bonds. The minimum absolute atomic E-state index is 0.0103. The van der Waals surface area contributed by atoms with Crippen molar-refractivity contribution in [3.63, 3.8) is 0 Å². The molecule has 0 aromatic rings. The van der Waals surface area contributed by atoms with Crippen LogP contribution in [0.15, 0.2) is 12.2 Å². The first-order valence-corrected chi connectivity index (χ1v) is 18.0. The zero-order chi connectivity index (χ0) is 30.8. The van der Waals surface area contributed by atoms with Gasteiger partial charge in [0.05, 0.1) is 39.9 Å². The van der Waals surface area contributed by atoms with Crippen LogP contribution in [-0.2, 0) is 18.4 Å². The van der Waals surface area contributed by atoms with Gasteiger partial charge in [0.25, 0.3) is 7.82 Å². The molecule has 0 aromatic heterocycles. The summed E-state index contributed by atoms with van der Waals surface area (Å²) in [5.41, 5.74) is 0. The summed E-state index contributed by atoms with van der Waals surface area (Å²) in [5, 5.41) is 13.5. The lowest BCUT2D eigenvalue weighted by atomic mass is 10.0. The molecule has 0 radical (unpaired) electrons. The molecular formula is C32H65N2O6P. The molecule has 244 valence electrons. The number of phosphoric ester groups is 1. The molecule has 0 fully saturated rings. The van der Waals surface area contributed by atoms with E-state index in [4.69, 9.17) is 9.05 Å². The molecule has 3 unspecified atom stereocenters. The predicted molar refractivity (Wildman–Crippen MR) is 169 cm³/mol. The predicted octanol–water partition coefficient (Wildman–Crippen LogP) is 7.05. The maximum Gasteiger partial charge on any atom is 0.268 e. The van der Waals surface area contributed by atoms with Crippen LogP contribution in [-0.4, -0.2) is 68.5 Å². The van der Waals surface area contributed by atoms with Gasteiger partial charge in [0, 0.05) is 6.42 Å². The number of rotatable bonds is 29. The first-order valence-electron chi connectivity index (χ1n) is 16.5. The highest BCUT2D eigenvalue weighted by molar-refractivity contribution is 7.45. The smallest absolute Gasteiger partial charge is 0.268 e. The third-order valence-electron chi connectivity index (χ3n) is 7.25. The molecule has 3 atom stereocenters. The van der Waals surface area contributed by atoms with Gasteiger partial charge in [-0.05, 0) is 38.5 Å². The van der Waals surface area contributed by atoms with Crippen molar-refractivity contribution < 1.29 is 32.9 Å². The van der Waals surface area contributed by atoms with Crippen molar-refractivity contribution in [2.45, 2.75) is 148 Å². The second-order valence-corrected chi connectivity index (χ2v) is 13.9. The second kappa shape index (κ2) is 25.7. The zero-order valence-electron chi connectivity index (χ0n) is 27.2. The fourth-order valence-corrected chi connectivity index (χ4v) is 5.22. The summed E-state index contributed by atoms with van der Waals surface area (Å²) in [4.78, 5) is 24.8. The molecule has 0 saturated heterocycles. The van der Waals surface area contributed by atoms with Gasteiger partial charge in [-0.3, -0.25) is 9.36 Å². The van der Waals surface area contributed by atoms with Crippen LogP contribution >= 0.6 is 7.82 Å². The zero-order valence-corrected chi connectivity index (χ0v) is 28.1. The molecule has 9 heteroatoms. The fraction of sp³-hybridized carbons (Fsp3) is 0.906. The quantitative estimate of drug-likeness (QED) is 0.0410. The van der Waals surface area contributed by atoms with Gasteiger partial charge in [0.1, 0.15) is 13.2 Å². The van der Waals surface area contributed by atoms with Crippen molar-refractivity contribution in [3.8, 4) is 0 Å². The van der Waals surface area contributed by atoms with Crippen LogP contribution < -0.4 is 10.2 Å².